The maximum absolute atomic E-state index is 6.19. The molecule has 100 valence electrons. The fraction of sp³-hybridized carbons (Fsp3) is 0.571. The predicted octanol–water partition coefficient (Wildman–Crippen LogP) is 3.49. The molecular weight excluding hydrogens is 252 g/mol. The summed E-state index contributed by atoms with van der Waals surface area (Å²) < 4.78 is 16.4. The van der Waals surface area contributed by atoms with Crippen LogP contribution in [-0.4, -0.2) is 25.7 Å². The summed E-state index contributed by atoms with van der Waals surface area (Å²) in [7, 11) is 3.25. The zero-order valence-electron chi connectivity index (χ0n) is 11.2. The Labute approximate surface area is 113 Å². The first-order valence-corrected chi connectivity index (χ1v) is 6.45. The van der Waals surface area contributed by atoms with Gasteiger partial charge >= 0.3 is 0 Å². The van der Waals surface area contributed by atoms with Crippen LogP contribution in [0.25, 0.3) is 0 Å². The van der Waals surface area contributed by atoms with Crippen molar-refractivity contribution in [2.24, 2.45) is 5.41 Å². The lowest BCUT2D eigenvalue weighted by atomic mass is 9.68. The fourth-order valence-electron chi connectivity index (χ4n) is 2.05. The van der Waals surface area contributed by atoms with E-state index in [1.807, 2.05) is 18.2 Å². The van der Waals surface area contributed by atoms with Gasteiger partial charge in [0, 0.05) is 35.4 Å². The van der Waals surface area contributed by atoms with Crippen LogP contribution in [-0.2, 0) is 0 Å². The topological polar surface area (TPSA) is 27.7 Å². The Kier molecular flexibility index (Phi) is 3.62. The second kappa shape index (κ2) is 4.88. The molecule has 0 saturated heterocycles. The zero-order valence-corrected chi connectivity index (χ0v) is 12.0. The summed E-state index contributed by atoms with van der Waals surface area (Å²) in [6.45, 7) is 4.24. The molecule has 0 bridgehead atoms. The highest BCUT2D eigenvalue weighted by atomic mass is 35.5. The molecule has 0 N–H and O–H groups in total. The zero-order chi connectivity index (χ0) is 13.3. The third-order valence-electron chi connectivity index (χ3n) is 3.66. The molecule has 2 unspecified atom stereocenters. The first-order chi connectivity index (χ1) is 8.47. The smallest absolute Gasteiger partial charge is 0.127 e. The fourth-order valence-corrected chi connectivity index (χ4v) is 2.35. The third-order valence-corrected chi connectivity index (χ3v) is 4.40. The van der Waals surface area contributed by atoms with Crippen molar-refractivity contribution < 1.29 is 14.2 Å². The van der Waals surface area contributed by atoms with E-state index in [9.17, 15) is 0 Å². The Bertz CT molecular complexity index is 409. The number of hydrogen-bond donors (Lipinski definition) is 0. The van der Waals surface area contributed by atoms with E-state index in [4.69, 9.17) is 25.8 Å². The molecule has 1 aromatic rings. The lowest BCUT2D eigenvalue weighted by Crippen LogP contribution is -2.53. The van der Waals surface area contributed by atoms with Gasteiger partial charge in [0.05, 0.1) is 14.2 Å². The number of benzene rings is 1. The van der Waals surface area contributed by atoms with E-state index in [1.54, 1.807) is 14.2 Å². The van der Waals surface area contributed by atoms with Crippen molar-refractivity contribution in [3.05, 3.63) is 18.2 Å². The van der Waals surface area contributed by atoms with Gasteiger partial charge in [-0.2, -0.15) is 0 Å². The second-order valence-electron chi connectivity index (χ2n) is 5.18. The minimum atomic E-state index is -0.00212. The number of rotatable bonds is 4. The standard InChI is InChI=1S/C14H19ClO3/c1-14(2)12(15)8-13(14)18-11-6-9(16-3)5-10(7-11)17-4/h5-7,12-13H,8H2,1-4H3. The number of ether oxygens (including phenoxy) is 3. The summed E-state index contributed by atoms with van der Waals surface area (Å²) in [5, 5.41) is 0.176. The number of alkyl halides is 1. The quantitative estimate of drug-likeness (QED) is 0.784. The highest BCUT2D eigenvalue weighted by molar-refractivity contribution is 6.21. The maximum Gasteiger partial charge on any atom is 0.127 e. The minimum absolute atomic E-state index is 0.00212. The lowest BCUT2D eigenvalue weighted by Gasteiger charge is -2.48. The molecule has 18 heavy (non-hydrogen) atoms. The SMILES string of the molecule is COc1cc(OC)cc(OC2CC(Cl)C2(C)C)c1. The van der Waals surface area contributed by atoms with Crippen molar-refractivity contribution >= 4 is 11.6 Å². The monoisotopic (exact) mass is 270 g/mol. The van der Waals surface area contributed by atoms with Gasteiger partial charge < -0.3 is 14.2 Å². The van der Waals surface area contributed by atoms with Crippen molar-refractivity contribution in [2.45, 2.75) is 31.7 Å². The van der Waals surface area contributed by atoms with E-state index in [-0.39, 0.29) is 16.9 Å². The maximum atomic E-state index is 6.19. The van der Waals surface area contributed by atoms with Gasteiger partial charge in [0.2, 0.25) is 0 Å². The molecule has 1 aromatic carbocycles. The summed E-state index contributed by atoms with van der Waals surface area (Å²) in [5.41, 5.74) is -0.00212. The van der Waals surface area contributed by atoms with E-state index in [0.717, 1.165) is 23.7 Å². The summed E-state index contributed by atoms with van der Waals surface area (Å²) in [4.78, 5) is 0. The van der Waals surface area contributed by atoms with E-state index in [1.165, 1.54) is 0 Å². The molecule has 1 saturated carbocycles. The molecule has 0 amide bonds. The van der Waals surface area contributed by atoms with E-state index >= 15 is 0 Å². The van der Waals surface area contributed by atoms with Crippen LogP contribution in [0.3, 0.4) is 0 Å². The van der Waals surface area contributed by atoms with Crippen molar-refractivity contribution in [3.63, 3.8) is 0 Å². The molecule has 0 heterocycles. The van der Waals surface area contributed by atoms with Gasteiger partial charge in [-0.15, -0.1) is 11.6 Å². The molecule has 0 radical (unpaired) electrons. The van der Waals surface area contributed by atoms with Gasteiger partial charge in [-0.25, -0.2) is 0 Å². The molecule has 2 atom stereocenters. The Morgan fingerprint density at radius 2 is 1.56 bits per heavy atom. The molecule has 1 aliphatic rings. The highest BCUT2D eigenvalue weighted by Crippen LogP contribution is 2.46. The largest absolute Gasteiger partial charge is 0.496 e. The summed E-state index contributed by atoms with van der Waals surface area (Å²) in [6, 6.07) is 5.55. The lowest BCUT2D eigenvalue weighted by molar-refractivity contribution is -0.0132. The van der Waals surface area contributed by atoms with E-state index < -0.39 is 0 Å². The van der Waals surface area contributed by atoms with Gasteiger partial charge in [-0.3, -0.25) is 0 Å². The Hall–Kier alpha value is -1.09. The van der Waals surface area contributed by atoms with Crippen LogP contribution < -0.4 is 14.2 Å². The van der Waals surface area contributed by atoms with Crippen LogP contribution in [0.15, 0.2) is 18.2 Å². The van der Waals surface area contributed by atoms with Crippen LogP contribution in [0.4, 0.5) is 0 Å². The average molecular weight is 271 g/mol. The third kappa shape index (κ3) is 2.37. The molecule has 2 rings (SSSR count). The Morgan fingerprint density at radius 1 is 1.06 bits per heavy atom. The van der Waals surface area contributed by atoms with Crippen LogP contribution in [0.5, 0.6) is 17.2 Å². The van der Waals surface area contributed by atoms with Crippen molar-refractivity contribution in [2.75, 3.05) is 14.2 Å². The molecular formula is C14H19ClO3. The van der Waals surface area contributed by atoms with Gasteiger partial charge in [0.15, 0.2) is 0 Å². The molecule has 4 heteroatoms. The van der Waals surface area contributed by atoms with E-state index in [0.29, 0.717) is 0 Å². The summed E-state index contributed by atoms with van der Waals surface area (Å²) >= 11 is 6.19. The molecule has 0 aliphatic heterocycles. The van der Waals surface area contributed by atoms with Crippen LogP contribution in [0.2, 0.25) is 0 Å². The predicted molar refractivity (Wildman–Crippen MR) is 72.0 cm³/mol. The van der Waals surface area contributed by atoms with Crippen molar-refractivity contribution in [1.29, 1.82) is 0 Å². The van der Waals surface area contributed by atoms with Gasteiger partial charge in [-0.1, -0.05) is 13.8 Å². The molecule has 1 aliphatic carbocycles. The van der Waals surface area contributed by atoms with E-state index in [2.05, 4.69) is 13.8 Å². The van der Waals surface area contributed by atoms with Crippen LogP contribution >= 0.6 is 11.6 Å². The summed E-state index contributed by atoms with van der Waals surface area (Å²) in [5.74, 6) is 2.21. The molecule has 0 aromatic heterocycles. The Morgan fingerprint density at radius 3 is 1.94 bits per heavy atom. The number of methoxy groups -OCH3 is 2. The summed E-state index contributed by atoms with van der Waals surface area (Å²) in [6.07, 6.45) is 1.01. The van der Waals surface area contributed by atoms with Gasteiger partial charge in [-0.05, 0) is 0 Å². The molecule has 3 nitrogen and oxygen atoms in total. The number of halogens is 1. The molecule has 0 spiro atoms. The second-order valence-corrected chi connectivity index (χ2v) is 5.71. The highest BCUT2D eigenvalue weighted by Gasteiger charge is 2.49. The van der Waals surface area contributed by atoms with Gasteiger partial charge in [0.1, 0.15) is 23.4 Å². The number of hydrogen-bond acceptors (Lipinski definition) is 3. The van der Waals surface area contributed by atoms with Crippen molar-refractivity contribution in [1.82, 2.24) is 0 Å². The van der Waals surface area contributed by atoms with Crippen molar-refractivity contribution in [3.8, 4) is 17.2 Å². The normalized spacial score (nSPS) is 25.2. The first kappa shape index (κ1) is 13.3. The average Bonchev–Trinajstić information content (AvgIpc) is 2.38. The van der Waals surface area contributed by atoms with Crippen LogP contribution in [0.1, 0.15) is 20.3 Å². The first-order valence-electron chi connectivity index (χ1n) is 6.01. The van der Waals surface area contributed by atoms with Gasteiger partial charge in [0.25, 0.3) is 0 Å². The molecule has 1 fully saturated rings. The van der Waals surface area contributed by atoms with Crippen LogP contribution in [0, 0.1) is 5.41 Å². The Balaban J connectivity index is 2.14. The minimum Gasteiger partial charge on any atom is -0.496 e.